The van der Waals surface area contributed by atoms with Crippen LogP contribution in [0.5, 0.6) is 5.75 Å². The third-order valence-electron chi connectivity index (χ3n) is 5.90. The first-order valence-electron chi connectivity index (χ1n) is 12.2. The molecule has 0 spiro atoms. The Kier molecular flexibility index (Phi) is 10.8. The number of sulfonamides is 1. The number of para-hydroxylation sites is 1. The van der Waals surface area contributed by atoms with Gasteiger partial charge in [0, 0.05) is 26.1 Å². The molecular weight excluding hydrogens is 478 g/mol. The Labute approximate surface area is 215 Å². The molecule has 198 valence electrons. The average molecular weight is 518 g/mol. The molecule has 9 heteroatoms. The predicted octanol–water partition coefficient (Wildman–Crippen LogP) is 3.74. The Bertz CT molecular complexity index is 1120. The fourth-order valence-electron chi connectivity index (χ4n) is 3.79. The molecule has 0 aliphatic rings. The number of methoxy groups -OCH3 is 1. The van der Waals surface area contributed by atoms with Crippen LogP contribution >= 0.6 is 0 Å². The lowest BCUT2D eigenvalue weighted by molar-refractivity contribution is -0.140. The van der Waals surface area contributed by atoms with Crippen LogP contribution in [0.2, 0.25) is 0 Å². The number of carbonyl (C=O) groups is 2. The third kappa shape index (κ3) is 8.55. The normalized spacial score (nSPS) is 12.2. The number of nitrogens with zero attached hydrogens (tertiary/aromatic N) is 2. The summed E-state index contributed by atoms with van der Waals surface area (Å²) in [6, 6.07) is 13.9. The first-order chi connectivity index (χ1) is 16.9. The van der Waals surface area contributed by atoms with Crippen LogP contribution in [-0.2, 0) is 26.2 Å². The number of carbonyl (C=O) groups excluding carboxylic acids is 2. The van der Waals surface area contributed by atoms with E-state index in [9.17, 15) is 18.0 Å². The molecule has 0 aliphatic carbocycles. The number of nitrogens with one attached hydrogen (secondary N) is 1. The molecule has 0 aliphatic heterocycles. The van der Waals surface area contributed by atoms with E-state index in [-0.39, 0.29) is 37.2 Å². The van der Waals surface area contributed by atoms with Gasteiger partial charge in [-0.1, -0.05) is 44.2 Å². The Balaban J connectivity index is 2.17. The van der Waals surface area contributed by atoms with Crippen LogP contribution in [0, 0.1) is 12.8 Å². The van der Waals surface area contributed by atoms with Crippen molar-refractivity contribution in [2.45, 2.75) is 53.1 Å². The molecule has 1 atom stereocenters. The van der Waals surface area contributed by atoms with Gasteiger partial charge in [-0.2, -0.15) is 0 Å². The van der Waals surface area contributed by atoms with E-state index in [0.717, 1.165) is 11.1 Å². The molecule has 0 fully saturated rings. The number of benzene rings is 2. The summed E-state index contributed by atoms with van der Waals surface area (Å²) in [6.07, 6.45) is 1.59. The number of aryl methyl sites for hydroxylation is 1. The minimum Gasteiger partial charge on any atom is -0.497 e. The summed E-state index contributed by atoms with van der Waals surface area (Å²) in [5.74, 6) is 0.561. The van der Waals surface area contributed by atoms with Crippen molar-refractivity contribution in [3.8, 4) is 5.75 Å². The third-order valence-corrected chi connectivity index (χ3v) is 7.08. The van der Waals surface area contributed by atoms with E-state index in [1.54, 1.807) is 31.1 Å². The van der Waals surface area contributed by atoms with E-state index in [0.29, 0.717) is 24.4 Å². The lowest BCUT2D eigenvalue weighted by atomic mass is 10.1. The lowest BCUT2D eigenvalue weighted by Gasteiger charge is -2.30. The second-order valence-corrected chi connectivity index (χ2v) is 11.3. The van der Waals surface area contributed by atoms with E-state index in [1.165, 1.54) is 10.6 Å². The van der Waals surface area contributed by atoms with Gasteiger partial charge in [0.15, 0.2) is 0 Å². The fourth-order valence-corrected chi connectivity index (χ4v) is 4.81. The summed E-state index contributed by atoms with van der Waals surface area (Å²) in [4.78, 5) is 27.7. The first kappa shape index (κ1) is 29.2. The Morgan fingerprint density at radius 2 is 1.67 bits per heavy atom. The molecule has 2 amide bonds. The highest BCUT2D eigenvalue weighted by Gasteiger charge is 2.27. The van der Waals surface area contributed by atoms with Gasteiger partial charge in [0.05, 0.1) is 19.1 Å². The number of anilines is 1. The average Bonchev–Trinajstić information content (AvgIpc) is 2.83. The minimum atomic E-state index is -3.53. The highest BCUT2D eigenvalue weighted by molar-refractivity contribution is 7.92. The molecule has 0 saturated heterocycles. The SMILES string of the molecule is COc1ccc(CN(C(=O)CCCN(c2ccccc2C)S(C)(=O)=O)C(C)C(=O)NCC(C)C)cc1. The Morgan fingerprint density at radius 3 is 2.22 bits per heavy atom. The Morgan fingerprint density at radius 1 is 1.03 bits per heavy atom. The molecule has 0 radical (unpaired) electrons. The summed E-state index contributed by atoms with van der Waals surface area (Å²) in [5, 5.41) is 2.90. The number of rotatable bonds is 13. The molecule has 0 aromatic heterocycles. The highest BCUT2D eigenvalue weighted by atomic mass is 32.2. The van der Waals surface area contributed by atoms with Crippen molar-refractivity contribution in [2.24, 2.45) is 5.92 Å². The number of ether oxygens (including phenoxy) is 1. The second kappa shape index (κ2) is 13.3. The molecule has 2 aromatic rings. The summed E-state index contributed by atoms with van der Waals surface area (Å²) >= 11 is 0. The monoisotopic (exact) mass is 517 g/mol. The quantitative estimate of drug-likeness (QED) is 0.437. The van der Waals surface area contributed by atoms with Crippen molar-refractivity contribution >= 4 is 27.5 Å². The lowest BCUT2D eigenvalue weighted by Crippen LogP contribution is -2.48. The molecule has 0 saturated carbocycles. The fraction of sp³-hybridized carbons (Fsp3) is 0.481. The van der Waals surface area contributed by atoms with Gasteiger partial charge in [0.1, 0.15) is 11.8 Å². The summed E-state index contributed by atoms with van der Waals surface area (Å²) in [5.41, 5.74) is 2.31. The van der Waals surface area contributed by atoms with E-state index >= 15 is 0 Å². The van der Waals surface area contributed by atoms with Crippen molar-refractivity contribution in [2.75, 3.05) is 30.8 Å². The first-order valence-corrected chi connectivity index (χ1v) is 14.0. The van der Waals surface area contributed by atoms with Crippen LogP contribution in [0.25, 0.3) is 0 Å². The van der Waals surface area contributed by atoms with Gasteiger partial charge in [0.2, 0.25) is 21.8 Å². The van der Waals surface area contributed by atoms with Gasteiger partial charge in [0.25, 0.3) is 0 Å². The zero-order chi connectivity index (χ0) is 26.9. The zero-order valence-electron chi connectivity index (χ0n) is 22.2. The summed E-state index contributed by atoms with van der Waals surface area (Å²) in [6.45, 7) is 8.53. The van der Waals surface area contributed by atoms with Crippen LogP contribution in [0.3, 0.4) is 0 Å². The standard InChI is InChI=1S/C27H39N3O5S/c1-20(2)18-28-27(32)22(4)29(19-23-13-15-24(35-5)16-14-23)26(31)12-9-17-30(36(6,33)34)25-11-8-7-10-21(25)3/h7-8,10-11,13-16,20,22H,9,12,17-19H2,1-6H3,(H,28,32). The molecule has 0 bridgehead atoms. The van der Waals surface area contributed by atoms with Crippen LogP contribution in [0.1, 0.15) is 44.7 Å². The van der Waals surface area contributed by atoms with E-state index in [1.807, 2.05) is 57.2 Å². The molecule has 36 heavy (non-hydrogen) atoms. The maximum absolute atomic E-state index is 13.3. The van der Waals surface area contributed by atoms with Crippen molar-refractivity contribution in [1.29, 1.82) is 0 Å². The van der Waals surface area contributed by atoms with Crippen LogP contribution in [-0.4, -0.2) is 57.6 Å². The topological polar surface area (TPSA) is 96.0 Å². The molecule has 1 unspecified atom stereocenters. The van der Waals surface area contributed by atoms with E-state index in [2.05, 4.69) is 5.32 Å². The van der Waals surface area contributed by atoms with Gasteiger partial charge < -0.3 is 15.0 Å². The number of amides is 2. The molecular formula is C27H39N3O5S. The maximum Gasteiger partial charge on any atom is 0.242 e. The van der Waals surface area contributed by atoms with Crippen molar-refractivity contribution in [1.82, 2.24) is 10.2 Å². The van der Waals surface area contributed by atoms with Crippen LogP contribution in [0.15, 0.2) is 48.5 Å². The van der Waals surface area contributed by atoms with E-state index < -0.39 is 16.1 Å². The van der Waals surface area contributed by atoms with Crippen molar-refractivity contribution in [3.63, 3.8) is 0 Å². The summed E-state index contributed by atoms with van der Waals surface area (Å²) in [7, 11) is -1.94. The summed E-state index contributed by atoms with van der Waals surface area (Å²) < 4.78 is 31.5. The van der Waals surface area contributed by atoms with E-state index in [4.69, 9.17) is 4.74 Å². The van der Waals surface area contributed by atoms with Gasteiger partial charge in [-0.05, 0) is 55.5 Å². The highest BCUT2D eigenvalue weighted by Crippen LogP contribution is 2.23. The Hall–Kier alpha value is -3.07. The van der Waals surface area contributed by atoms with Gasteiger partial charge >= 0.3 is 0 Å². The predicted molar refractivity (Wildman–Crippen MR) is 143 cm³/mol. The minimum absolute atomic E-state index is 0.107. The van der Waals surface area contributed by atoms with Gasteiger partial charge in [-0.25, -0.2) is 8.42 Å². The van der Waals surface area contributed by atoms with Gasteiger partial charge in [-0.3, -0.25) is 13.9 Å². The maximum atomic E-state index is 13.3. The molecule has 2 rings (SSSR count). The molecule has 2 aromatic carbocycles. The smallest absolute Gasteiger partial charge is 0.242 e. The van der Waals surface area contributed by atoms with Crippen molar-refractivity contribution < 1.29 is 22.7 Å². The molecule has 8 nitrogen and oxygen atoms in total. The largest absolute Gasteiger partial charge is 0.497 e. The van der Waals surface area contributed by atoms with Crippen LogP contribution < -0.4 is 14.4 Å². The van der Waals surface area contributed by atoms with Crippen molar-refractivity contribution in [3.05, 3.63) is 59.7 Å². The van der Waals surface area contributed by atoms with Crippen LogP contribution in [0.4, 0.5) is 5.69 Å². The van der Waals surface area contributed by atoms with Gasteiger partial charge in [-0.15, -0.1) is 0 Å². The second-order valence-electron chi connectivity index (χ2n) is 9.41. The molecule has 0 heterocycles. The zero-order valence-corrected chi connectivity index (χ0v) is 23.0. The number of hydrogen-bond donors (Lipinski definition) is 1. The number of hydrogen-bond acceptors (Lipinski definition) is 5. The molecule has 1 N–H and O–H groups in total.